The molecule has 0 unspecified atom stereocenters. The molecule has 1 amide bonds. The molecule has 6 heteroatoms. The fourth-order valence-corrected chi connectivity index (χ4v) is 4.65. The molecule has 2 aliphatic rings. The van der Waals surface area contributed by atoms with Crippen LogP contribution in [0.2, 0.25) is 0 Å². The van der Waals surface area contributed by atoms with Gasteiger partial charge in [-0.1, -0.05) is 18.2 Å². The van der Waals surface area contributed by atoms with Gasteiger partial charge in [-0.05, 0) is 69.2 Å². The first kappa shape index (κ1) is 19.2. The fraction of sp³-hybridized carbons (Fsp3) is 0.458. The van der Waals surface area contributed by atoms with E-state index in [4.69, 9.17) is 14.7 Å². The van der Waals surface area contributed by atoms with Gasteiger partial charge >= 0.3 is 0 Å². The Morgan fingerprint density at radius 3 is 2.43 bits per heavy atom. The summed E-state index contributed by atoms with van der Waals surface area (Å²) in [6, 6.07) is 13.8. The molecule has 2 aromatic heterocycles. The van der Waals surface area contributed by atoms with E-state index in [2.05, 4.69) is 22.0 Å². The Morgan fingerprint density at radius 1 is 1.00 bits per heavy atom. The molecule has 30 heavy (non-hydrogen) atoms. The molecule has 0 aliphatic heterocycles. The Kier molecular flexibility index (Phi) is 5.25. The predicted octanol–water partition coefficient (Wildman–Crippen LogP) is 5.08. The Morgan fingerprint density at radius 2 is 1.77 bits per heavy atom. The highest BCUT2D eigenvalue weighted by Gasteiger charge is 2.28. The van der Waals surface area contributed by atoms with Crippen molar-refractivity contribution in [3.05, 3.63) is 53.7 Å². The largest absolute Gasteiger partial charge is 0.381 e. The summed E-state index contributed by atoms with van der Waals surface area (Å²) >= 11 is 0. The third-order valence-electron chi connectivity index (χ3n) is 6.69. The molecule has 0 atom stereocenters. The number of carbonyl (C=O) groups is 1. The number of nitrogens with one attached hydrogen (secondary N) is 1. The zero-order chi connectivity index (χ0) is 20.5. The van der Waals surface area contributed by atoms with Gasteiger partial charge in [0.05, 0.1) is 6.10 Å². The van der Waals surface area contributed by atoms with E-state index in [1.165, 1.54) is 6.42 Å². The van der Waals surface area contributed by atoms with Crippen LogP contribution in [0.5, 0.6) is 0 Å². The van der Waals surface area contributed by atoms with Crippen molar-refractivity contribution in [2.75, 3.05) is 12.4 Å². The Balaban J connectivity index is 1.47. The maximum Gasteiger partial charge on any atom is 0.257 e. The Labute approximate surface area is 176 Å². The van der Waals surface area contributed by atoms with Crippen molar-refractivity contribution in [3.8, 4) is 0 Å². The molecule has 2 aliphatic carbocycles. The van der Waals surface area contributed by atoms with E-state index in [0.29, 0.717) is 29.6 Å². The van der Waals surface area contributed by atoms with Gasteiger partial charge in [-0.3, -0.25) is 14.7 Å². The monoisotopic (exact) mass is 404 g/mol. The smallest absolute Gasteiger partial charge is 0.257 e. The fourth-order valence-electron chi connectivity index (χ4n) is 4.65. The molecule has 2 saturated carbocycles. The third kappa shape index (κ3) is 3.60. The molecule has 0 saturated heterocycles. The minimum Gasteiger partial charge on any atom is -0.381 e. The van der Waals surface area contributed by atoms with Crippen molar-refractivity contribution in [1.29, 1.82) is 0 Å². The minimum absolute atomic E-state index is 0.135. The molecule has 2 heterocycles. The SMILES string of the molecule is COC1CCC(c2ccc3nc(NC(=O)c4ccccc4)n(C4CCC4)c3n2)CC1. The van der Waals surface area contributed by atoms with Crippen molar-refractivity contribution in [2.24, 2.45) is 0 Å². The molecule has 2 fully saturated rings. The van der Waals surface area contributed by atoms with Gasteiger partial charge < -0.3 is 4.74 Å². The number of ether oxygens (including phenoxy) is 1. The zero-order valence-corrected chi connectivity index (χ0v) is 17.4. The van der Waals surface area contributed by atoms with Crippen LogP contribution in [-0.4, -0.2) is 33.7 Å². The number of fused-ring (bicyclic) bond motifs is 1. The van der Waals surface area contributed by atoms with Gasteiger partial charge in [-0.15, -0.1) is 0 Å². The maximum absolute atomic E-state index is 12.7. The number of methoxy groups -OCH3 is 1. The van der Waals surface area contributed by atoms with Crippen LogP contribution in [0.3, 0.4) is 0 Å². The second kappa shape index (κ2) is 8.19. The Bertz CT molecular complexity index is 1030. The van der Waals surface area contributed by atoms with Crippen molar-refractivity contribution >= 4 is 23.0 Å². The summed E-state index contributed by atoms with van der Waals surface area (Å²) in [5.41, 5.74) is 3.51. The highest BCUT2D eigenvalue weighted by molar-refractivity contribution is 6.04. The first-order valence-electron chi connectivity index (χ1n) is 11.0. The van der Waals surface area contributed by atoms with E-state index >= 15 is 0 Å². The molecule has 0 bridgehead atoms. The predicted molar refractivity (Wildman–Crippen MR) is 117 cm³/mol. The van der Waals surface area contributed by atoms with Gasteiger partial charge in [0, 0.05) is 30.3 Å². The lowest BCUT2D eigenvalue weighted by Crippen LogP contribution is -2.23. The molecular weight excluding hydrogens is 376 g/mol. The van der Waals surface area contributed by atoms with Crippen LogP contribution in [0.15, 0.2) is 42.5 Å². The van der Waals surface area contributed by atoms with E-state index in [0.717, 1.165) is 55.4 Å². The number of pyridine rings is 1. The lowest BCUT2D eigenvalue weighted by atomic mass is 9.85. The lowest BCUT2D eigenvalue weighted by Gasteiger charge is -2.29. The number of benzene rings is 1. The molecule has 0 spiro atoms. The molecule has 1 N–H and O–H groups in total. The van der Waals surface area contributed by atoms with E-state index in [9.17, 15) is 4.79 Å². The van der Waals surface area contributed by atoms with Crippen molar-refractivity contribution in [1.82, 2.24) is 14.5 Å². The summed E-state index contributed by atoms with van der Waals surface area (Å²) in [5.74, 6) is 0.939. The van der Waals surface area contributed by atoms with E-state index < -0.39 is 0 Å². The zero-order valence-electron chi connectivity index (χ0n) is 17.4. The van der Waals surface area contributed by atoms with E-state index in [1.54, 1.807) is 7.11 Å². The van der Waals surface area contributed by atoms with Crippen LogP contribution in [0.1, 0.15) is 73.0 Å². The summed E-state index contributed by atoms with van der Waals surface area (Å²) in [6.07, 6.45) is 8.16. The highest BCUT2D eigenvalue weighted by atomic mass is 16.5. The number of nitrogens with zero attached hydrogens (tertiary/aromatic N) is 3. The number of anilines is 1. The Hall–Kier alpha value is -2.73. The van der Waals surface area contributed by atoms with E-state index in [1.807, 2.05) is 30.3 Å². The first-order valence-corrected chi connectivity index (χ1v) is 11.0. The van der Waals surface area contributed by atoms with Crippen LogP contribution in [0.4, 0.5) is 5.95 Å². The summed E-state index contributed by atoms with van der Waals surface area (Å²) < 4.78 is 7.68. The van der Waals surface area contributed by atoms with Gasteiger partial charge in [-0.2, -0.15) is 0 Å². The number of amides is 1. The molecule has 156 valence electrons. The molecule has 6 nitrogen and oxygen atoms in total. The summed E-state index contributed by atoms with van der Waals surface area (Å²) in [7, 11) is 1.80. The van der Waals surface area contributed by atoms with E-state index in [-0.39, 0.29) is 5.91 Å². The van der Waals surface area contributed by atoms with Crippen molar-refractivity contribution in [3.63, 3.8) is 0 Å². The minimum atomic E-state index is -0.135. The molecular formula is C24H28N4O2. The average molecular weight is 405 g/mol. The molecule has 0 radical (unpaired) electrons. The number of hydrogen-bond donors (Lipinski definition) is 1. The third-order valence-corrected chi connectivity index (χ3v) is 6.69. The van der Waals surface area contributed by atoms with Crippen LogP contribution < -0.4 is 5.32 Å². The summed E-state index contributed by atoms with van der Waals surface area (Å²) in [6.45, 7) is 0. The number of imidazole rings is 1. The average Bonchev–Trinajstić information content (AvgIpc) is 3.10. The highest BCUT2D eigenvalue weighted by Crippen LogP contribution is 2.38. The number of aromatic nitrogens is 3. The van der Waals surface area contributed by atoms with Crippen LogP contribution in [0.25, 0.3) is 11.2 Å². The summed E-state index contributed by atoms with van der Waals surface area (Å²) in [4.78, 5) is 22.6. The number of carbonyl (C=O) groups excluding carboxylic acids is 1. The van der Waals surface area contributed by atoms with Gasteiger partial charge in [-0.25, -0.2) is 9.97 Å². The van der Waals surface area contributed by atoms with Gasteiger partial charge in [0.25, 0.3) is 5.91 Å². The normalized spacial score (nSPS) is 22.0. The van der Waals surface area contributed by atoms with Gasteiger partial charge in [0.1, 0.15) is 5.52 Å². The van der Waals surface area contributed by atoms with Crippen molar-refractivity contribution < 1.29 is 9.53 Å². The number of rotatable bonds is 5. The maximum atomic E-state index is 12.7. The lowest BCUT2D eigenvalue weighted by molar-refractivity contribution is 0.0655. The summed E-state index contributed by atoms with van der Waals surface area (Å²) in [5, 5.41) is 3.03. The molecule has 3 aromatic rings. The van der Waals surface area contributed by atoms with Gasteiger partial charge in [0.15, 0.2) is 5.65 Å². The second-order valence-corrected chi connectivity index (χ2v) is 8.50. The molecule has 5 rings (SSSR count). The van der Waals surface area contributed by atoms with Crippen LogP contribution in [-0.2, 0) is 4.74 Å². The van der Waals surface area contributed by atoms with Gasteiger partial charge in [0.2, 0.25) is 5.95 Å². The number of hydrogen-bond acceptors (Lipinski definition) is 4. The molecule has 1 aromatic carbocycles. The standard InChI is InChI=1S/C24H28N4O2/c1-30-19-12-10-16(11-13-19)20-14-15-21-22(25-20)28(18-8-5-9-18)24(26-21)27-23(29)17-6-3-2-4-7-17/h2-4,6-7,14-16,18-19H,5,8-13H2,1H3,(H,26,27,29). The topological polar surface area (TPSA) is 69.0 Å². The first-order chi connectivity index (χ1) is 14.7. The van der Waals surface area contributed by atoms with Crippen molar-refractivity contribution in [2.45, 2.75) is 63.0 Å². The quantitative estimate of drug-likeness (QED) is 0.644. The second-order valence-electron chi connectivity index (χ2n) is 8.50. The van der Waals surface area contributed by atoms with Crippen LogP contribution in [0, 0.1) is 0 Å². The van der Waals surface area contributed by atoms with Crippen LogP contribution >= 0.6 is 0 Å².